The van der Waals surface area contributed by atoms with Gasteiger partial charge in [0.2, 0.25) is 0 Å². The number of methoxy groups -OCH3 is 1. The minimum Gasteiger partial charge on any atom is -0.465 e. The molecular weight excluding hydrogens is 324 g/mol. The van der Waals surface area contributed by atoms with Crippen molar-refractivity contribution in [1.82, 2.24) is 0 Å². The molecule has 0 bridgehead atoms. The number of amides is 1. The number of ether oxygens (including phenoxy) is 1. The van der Waals surface area contributed by atoms with Gasteiger partial charge in [-0.15, -0.1) is 11.3 Å². The predicted octanol–water partition coefficient (Wildman–Crippen LogP) is 4.02. The average Bonchev–Trinajstić information content (AvgIpc) is 3.06. The number of nitrogens with zero attached hydrogens (tertiary/aromatic N) is 1. The van der Waals surface area contributed by atoms with Crippen molar-refractivity contribution in [2.24, 2.45) is 0 Å². The molecule has 128 valence electrons. The molecule has 6 heteroatoms. The first-order valence-corrected chi connectivity index (χ1v) is 8.64. The maximum absolute atomic E-state index is 12.3. The summed E-state index contributed by atoms with van der Waals surface area (Å²) >= 11 is 1.11. The first-order valence-electron chi connectivity index (χ1n) is 7.82. The minimum atomic E-state index is -0.434. The molecule has 0 saturated carbocycles. The number of anilines is 2. The van der Waals surface area contributed by atoms with E-state index in [0.717, 1.165) is 29.3 Å². The van der Waals surface area contributed by atoms with E-state index in [0.29, 0.717) is 15.8 Å². The van der Waals surface area contributed by atoms with Crippen LogP contribution in [0.2, 0.25) is 0 Å². The van der Waals surface area contributed by atoms with E-state index in [2.05, 4.69) is 35.7 Å². The van der Waals surface area contributed by atoms with Crippen molar-refractivity contribution >= 4 is 34.6 Å². The highest BCUT2D eigenvalue weighted by Crippen LogP contribution is 2.22. The first kappa shape index (κ1) is 18.0. The number of hydrogen-bond acceptors (Lipinski definition) is 5. The van der Waals surface area contributed by atoms with Gasteiger partial charge >= 0.3 is 5.97 Å². The molecule has 24 heavy (non-hydrogen) atoms. The summed E-state index contributed by atoms with van der Waals surface area (Å²) in [6.07, 6.45) is 0. The molecule has 0 radical (unpaired) electrons. The van der Waals surface area contributed by atoms with Gasteiger partial charge in [-0.05, 0) is 57.2 Å². The van der Waals surface area contributed by atoms with Crippen molar-refractivity contribution in [3.8, 4) is 0 Å². The molecule has 0 saturated heterocycles. The van der Waals surface area contributed by atoms with Crippen molar-refractivity contribution in [3.05, 3.63) is 46.2 Å². The molecule has 1 aromatic carbocycles. The van der Waals surface area contributed by atoms with Crippen molar-refractivity contribution in [2.45, 2.75) is 26.8 Å². The molecule has 0 aliphatic rings. The van der Waals surface area contributed by atoms with Gasteiger partial charge in [0, 0.05) is 24.0 Å². The van der Waals surface area contributed by atoms with Crippen molar-refractivity contribution < 1.29 is 14.3 Å². The highest BCUT2D eigenvalue weighted by Gasteiger charge is 2.14. The van der Waals surface area contributed by atoms with Crippen LogP contribution in [0.25, 0.3) is 0 Å². The Balaban J connectivity index is 2.07. The maximum Gasteiger partial charge on any atom is 0.348 e. The topological polar surface area (TPSA) is 58.6 Å². The fourth-order valence-corrected chi connectivity index (χ4v) is 3.26. The SMILES string of the molecule is CCN(c1ccc(NC(=O)c2ccc(C(=O)OC)s2)cc1)C(C)C. The molecule has 1 aromatic heterocycles. The van der Waals surface area contributed by atoms with Crippen LogP contribution in [0.4, 0.5) is 11.4 Å². The number of esters is 1. The Morgan fingerprint density at radius 2 is 1.75 bits per heavy atom. The van der Waals surface area contributed by atoms with E-state index in [4.69, 9.17) is 0 Å². The lowest BCUT2D eigenvalue weighted by molar-refractivity contribution is 0.0606. The standard InChI is InChI=1S/C18H22N2O3S/c1-5-20(12(2)3)14-8-6-13(7-9-14)19-17(21)15-10-11-16(24-15)18(22)23-4/h6-12H,5H2,1-4H3,(H,19,21). The summed E-state index contributed by atoms with van der Waals surface area (Å²) in [7, 11) is 1.32. The van der Waals surface area contributed by atoms with Gasteiger partial charge in [0.05, 0.1) is 12.0 Å². The van der Waals surface area contributed by atoms with Gasteiger partial charge in [-0.1, -0.05) is 0 Å². The molecule has 1 heterocycles. The summed E-state index contributed by atoms with van der Waals surface area (Å²) in [6, 6.07) is 11.4. The van der Waals surface area contributed by atoms with E-state index >= 15 is 0 Å². The third-order valence-corrected chi connectivity index (χ3v) is 4.70. The second-order valence-electron chi connectivity index (χ2n) is 5.54. The predicted molar refractivity (Wildman–Crippen MR) is 98.2 cm³/mol. The third kappa shape index (κ3) is 4.14. The number of nitrogens with one attached hydrogen (secondary N) is 1. The molecule has 1 amide bonds. The molecule has 0 spiro atoms. The second kappa shape index (κ2) is 7.97. The van der Waals surface area contributed by atoms with Gasteiger partial charge in [-0.2, -0.15) is 0 Å². The van der Waals surface area contributed by atoms with Gasteiger partial charge in [0.15, 0.2) is 0 Å². The average molecular weight is 346 g/mol. The molecular formula is C18H22N2O3S. The van der Waals surface area contributed by atoms with Crippen LogP contribution in [0.3, 0.4) is 0 Å². The summed E-state index contributed by atoms with van der Waals surface area (Å²) in [5.41, 5.74) is 1.84. The zero-order valence-corrected chi connectivity index (χ0v) is 15.1. The fourth-order valence-electron chi connectivity index (χ4n) is 2.45. The molecule has 1 N–H and O–H groups in total. The third-order valence-electron chi connectivity index (χ3n) is 3.64. The van der Waals surface area contributed by atoms with Crippen LogP contribution < -0.4 is 10.2 Å². The summed E-state index contributed by atoms with van der Waals surface area (Å²) in [4.78, 5) is 26.9. The summed E-state index contributed by atoms with van der Waals surface area (Å²) in [5, 5.41) is 2.84. The van der Waals surface area contributed by atoms with Gasteiger partial charge < -0.3 is 15.0 Å². The van der Waals surface area contributed by atoms with Crippen LogP contribution >= 0.6 is 11.3 Å². The van der Waals surface area contributed by atoms with Gasteiger partial charge in [0.25, 0.3) is 5.91 Å². The Labute approximate surface area is 146 Å². The summed E-state index contributed by atoms with van der Waals surface area (Å²) in [6.45, 7) is 7.34. The Bertz CT molecular complexity index is 707. The van der Waals surface area contributed by atoms with Crippen LogP contribution in [0.1, 0.15) is 40.1 Å². The zero-order valence-electron chi connectivity index (χ0n) is 14.3. The van der Waals surface area contributed by atoms with Crippen LogP contribution in [0.5, 0.6) is 0 Å². The Kier molecular flexibility index (Phi) is 5.98. The lowest BCUT2D eigenvalue weighted by Crippen LogP contribution is -2.30. The van der Waals surface area contributed by atoms with Crippen LogP contribution in [0, 0.1) is 0 Å². The number of carbonyl (C=O) groups excluding carboxylic acids is 2. The highest BCUT2D eigenvalue weighted by molar-refractivity contribution is 7.16. The normalized spacial score (nSPS) is 10.5. The van der Waals surface area contributed by atoms with Gasteiger partial charge in [0.1, 0.15) is 4.88 Å². The number of hydrogen-bond donors (Lipinski definition) is 1. The Morgan fingerprint density at radius 3 is 2.29 bits per heavy atom. The van der Waals surface area contributed by atoms with E-state index < -0.39 is 5.97 Å². The lowest BCUT2D eigenvalue weighted by Gasteiger charge is -2.27. The molecule has 0 atom stereocenters. The lowest BCUT2D eigenvalue weighted by atomic mass is 10.2. The number of thiophene rings is 1. The van der Waals surface area contributed by atoms with Crippen LogP contribution in [-0.4, -0.2) is 31.6 Å². The minimum absolute atomic E-state index is 0.237. The van der Waals surface area contributed by atoms with E-state index in [-0.39, 0.29) is 5.91 Å². The highest BCUT2D eigenvalue weighted by atomic mass is 32.1. The smallest absolute Gasteiger partial charge is 0.348 e. The van der Waals surface area contributed by atoms with Crippen molar-refractivity contribution in [2.75, 3.05) is 23.9 Å². The van der Waals surface area contributed by atoms with Gasteiger partial charge in [-0.25, -0.2) is 4.79 Å². The first-order chi connectivity index (χ1) is 11.5. The number of rotatable bonds is 6. The number of carbonyl (C=O) groups is 2. The van der Waals surface area contributed by atoms with Crippen molar-refractivity contribution in [3.63, 3.8) is 0 Å². The molecule has 2 aromatic rings. The van der Waals surface area contributed by atoms with Crippen LogP contribution in [-0.2, 0) is 4.74 Å². The van der Waals surface area contributed by atoms with E-state index in [1.807, 2.05) is 24.3 Å². The molecule has 5 nitrogen and oxygen atoms in total. The quantitative estimate of drug-likeness (QED) is 0.803. The zero-order chi connectivity index (χ0) is 17.7. The second-order valence-corrected chi connectivity index (χ2v) is 6.62. The van der Waals surface area contributed by atoms with Crippen LogP contribution in [0.15, 0.2) is 36.4 Å². The Hall–Kier alpha value is -2.34. The monoisotopic (exact) mass is 346 g/mol. The molecule has 0 aliphatic heterocycles. The molecule has 2 rings (SSSR count). The summed E-state index contributed by atoms with van der Waals surface area (Å²) in [5.74, 6) is -0.671. The molecule has 0 unspecified atom stereocenters. The number of benzene rings is 1. The van der Waals surface area contributed by atoms with E-state index in [9.17, 15) is 9.59 Å². The van der Waals surface area contributed by atoms with E-state index in [1.54, 1.807) is 12.1 Å². The molecule has 0 fully saturated rings. The summed E-state index contributed by atoms with van der Waals surface area (Å²) < 4.78 is 4.65. The van der Waals surface area contributed by atoms with Gasteiger partial charge in [-0.3, -0.25) is 4.79 Å². The largest absolute Gasteiger partial charge is 0.465 e. The Morgan fingerprint density at radius 1 is 1.12 bits per heavy atom. The molecule has 0 aliphatic carbocycles. The van der Waals surface area contributed by atoms with E-state index in [1.165, 1.54) is 7.11 Å². The maximum atomic E-state index is 12.3. The van der Waals surface area contributed by atoms with Crippen molar-refractivity contribution in [1.29, 1.82) is 0 Å². The fraction of sp³-hybridized carbons (Fsp3) is 0.333.